The number of amides is 1. The average molecular weight is 254 g/mol. The van der Waals surface area contributed by atoms with Crippen LogP contribution in [0.4, 0.5) is 5.95 Å². The minimum atomic E-state index is -0.259. The molecule has 1 amide bonds. The number of rotatable bonds is 6. The molecule has 1 unspecified atom stereocenters. The summed E-state index contributed by atoms with van der Waals surface area (Å²) in [6.07, 6.45) is 0.656. The topological polar surface area (TPSA) is 99.4 Å². The van der Waals surface area contributed by atoms with Gasteiger partial charge in [0, 0.05) is 6.54 Å². The van der Waals surface area contributed by atoms with Gasteiger partial charge in [-0.3, -0.25) is 10.1 Å². The number of aromatic nitrogens is 2. The van der Waals surface area contributed by atoms with Gasteiger partial charge in [0.1, 0.15) is 0 Å². The number of hydrogen-bond acceptors (Lipinski definition) is 6. The summed E-state index contributed by atoms with van der Waals surface area (Å²) in [4.78, 5) is 19.8. The zero-order valence-electron chi connectivity index (χ0n) is 10.8. The van der Waals surface area contributed by atoms with E-state index in [1.54, 1.807) is 0 Å². The Morgan fingerprint density at radius 2 is 1.94 bits per heavy atom. The van der Waals surface area contributed by atoms with Gasteiger partial charge in [-0.25, -0.2) is 0 Å². The monoisotopic (exact) mass is 254 g/mol. The maximum Gasteiger partial charge on any atom is 0.236 e. The van der Waals surface area contributed by atoms with Gasteiger partial charge in [0.2, 0.25) is 23.6 Å². The van der Waals surface area contributed by atoms with Crippen LogP contribution in [0.2, 0.25) is 0 Å². The van der Waals surface area contributed by atoms with Crippen LogP contribution in [0, 0.1) is 5.92 Å². The third-order valence-electron chi connectivity index (χ3n) is 2.48. The first kappa shape index (κ1) is 14.2. The van der Waals surface area contributed by atoms with E-state index in [1.165, 1.54) is 20.3 Å². The van der Waals surface area contributed by atoms with Crippen molar-refractivity contribution in [2.24, 2.45) is 11.7 Å². The Kier molecular flexibility index (Phi) is 5.31. The fourth-order valence-corrected chi connectivity index (χ4v) is 1.34. The van der Waals surface area contributed by atoms with Gasteiger partial charge >= 0.3 is 0 Å². The quantitative estimate of drug-likeness (QED) is 0.763. The van der Waals surface area contributed by atoms with Gasteiger partial charge in [-0.05, 0) is 6.42 Å². The third-order valence-corrected chi connectivity index (χ3v) is 2.48. The van der Waals surface area contributed by atoms with Crippen LogP contribution in [0.3, 0.4) is 0 Å². The first-order valence-corrected chi connectivity index (χ1v) is 5.62. The molecular weight excluding hydrogens is 236 g/mol. The molecule has 0 radical (unpaired) electrons. The highest BCUT2D eigenvalue weighted by molar-refractivity contribution is 5.91. The molecule has 18 heavy (non-hydrogen) atoms. The summed E-state index contributed by atoms with van der Waals surface area (Å²) < 4.78 is 9.97. The molecule has 0 saturated carbocycles. The first-order chi connectivity index (χ1) is 8.64. The van der Waals surface area contributed by atoms with Crippen molar-refractivity contribution in [3.8, 4) is 11.8 Å². The lowest BCUT2D eigenvalue weighted by molar-refractivity contribution is -0.119. The fourth-order valence-electron chi connectivity index (χ4n) is 1.34. The van der Waals surface area contributed by atoms with Gasteiger partial charge in [0.25, 0.3) is 0 Å². The highest BCUT2D eigenvalue weighted by Crippen LogP contribution is 2.17. The molecule has 7 nitrogen and oxygen atoms in total. The summed E-state index contributed by atoms with van der Waals surface area (Å²) in [6, 6.07) is 1.52. The second-order valence-corrected chi connectivity index (χ2v) is 3.61. The summed E-state index contributed by atoms with van der Waals surface area (Å²) in [5, 5.41) is 2.59. The van der Waals surface area contributed by atoms with E-state index < -0.39 is 0 Å². The Bertz CT molecular complexity index is 385. The summed E-state index contributed by atoms with van der Waals surface area (Å²) in [5.41, 5.74) is 5.50. The number of anilines is 1. The Balaban J connectivity index is 2.86. The summed E-state index contributed by atoms with van der Waals surface area (Å²) >= 11 is 0. The van der Waals surface area contributed by atoms with Crippen molar-refractivity contribution in [2.75, 3.05) is 26.1 Å². The van der Waals surface area contributed by atoms with Crippen molar-refractivity contribution in [2.45, 2.75) is 13.3 Å². The van der Waals surface area contributed by atoms with Crippen molar-refractivity contribution in [3.63, 3.8) is 0 Å². The molecule has 0 saturated heterocycles. The molecular formula is C11H18N4O3. The second-order valence-electron chi connectivity index (χ2n) is 3.61. The molecule has 3 N–H and O–H groups in total. The SMILES string of the molecule is CCC(CN)C(=O)Nc1nc(OC)cc(OC)n1. The van der Waals surface area contributed by atoms with Crippen LogP contribution in [0.15, 0.2) is 6.07 Å². The van der Waals surface area contributed by atoms with Gasteiger partial charge in [-0.15, -0.1) is 0 Å². The number of nitrogens with two attached hydrogens (primary N) is 1. The third kappa shape index (κ3) is 3.56. The molecule has 7 heteroatoms. The van der Waals surface area contributed by atoms with Gasteiger partial charge in [-0.2, -0.15) is 9.97 Å². The molecule has 0 spiro atoms. The van der Waals surface area contributed by atoms with E-state index >= 15 is 0 Å². The Morgan fingerprint density at radius 1 is 1.39 bits per heavy atom. The smallest absolute Gasteiger partial charge is 0.236 e. The summed E-state index contributed by atoms with van der Waals surface area (Å²) in [6.45, 7) is 2.17. The molecule has 0 aliphatic rings. The van der Waals surface area contributed by atoms with Crippen LogP contribution >= 0.6 is 0 Å². The Labute approximate surface area is 106 Å². The van der Waals surface area contributed by atoms with E-state index in [9.17, 15) is 4.79 Å². The van der Waals surface area contributed by atoms with Gasteiger partial charge in [0.15, 0.2) is 0 Å². The van der Waals surface area contributed by atoms with Gasteiger partial charge in [-0.1, -0.05) is 6.92 Å². The van der Waals surface area contributed by atoms with E-state index in [1.807, 2.05) is 6.92 Å². The minimum absolute atomic E-state index is 0.142. The number of ether oxygens (including phenoxy) is 2. The summed E-state index contributed by atoms with van der Waals surface area (Å²) in [7, 11) is 2.95. The molecule has 1 atom stereocenters. The molecule has 0 aliphatic carbocycles. The largest absolute Gasteiger partial charge is 0.481 e. The van der Waals surface area contributed by atoms with Crippen LogP contribution in [0.1, 0.15) is 13.3 Å². The molecule has 0 bridgehead atoms. The standard InChI is InChI=1S/C11H18N4O3/c1-4-7(6-12)10(16)15-11-13-8(17-2)5-9(14-11)18-3/h5,7H,4,6,12H2,1-3H3,(H,13,14,15,16). The normalized spacial score (nSPS) is 11.8. The average Bonchev–Trinajstić information content (AvgIpc) is 2.39. The number of carbonyl (C=O) groups excluding carboxylic acids is 1. The predicted octanol–water partition coefficient (Wildman–Crippen LogP) is 0.417. The van der Waals surface area contributed by atoms with Crippen molar-refractivity contribution in [1.29, 1.82) is 0 Å². The maximum atomic E-state index is 11.8. The van der Waals surface area contributed by atoms with Crippen LogP contribution in [-0.4, -0.2) is 36.6 Å². The zero-order valence-corrected chi connectivity index (χ0v) is 10.8. The number of nitrogens with zero attached hydrogens (tertiary/aromatic N) is 2. The van der Waals surface area contributed by atoms with Crippen LogP contribution in [0.25, 0.3) is 0 Å². The summed E-state index contributed by atoms with van der Waals surface area (Å²) in [5.74, 6) is 0.306. The van der Waals surface area contributed by atoms with Crippen molar-refractivity contribution >= 4 is 11.9 Å². The molecule has 1 heterocycles. The molecule has 0 fully saturated rings. The van der Waals surface area contributed by atoms with Crippen LogP contribution < -0.4 is 20.5 Å². The van der Waals surface area contributed by atoms with Crippen LogP contribution in [-0.2, 0) is 4.79 Å². The maximum absolute atomic E-state index is 11.8. The second kappa shape index (κ2) is 6.75. The number of methoxy groups -OCH3 is 2. The Morgan fingerprint density at radius 3 is 2.33 bits per heavy atom. The molecule has 0 aliphatic heterocycles. The molecule has 1 rings (SSSR count). The van der Waals surface area contributed by atoms with Gasteiger partial charge < -0.3 is 15.2 Å². The highest BCUT2D eigenvalue weighted by atomic mass is 16.5. The van der Waals surface area contributed by atoms with Crippen molar-refractivity contribution in [3.05, 3.63) is 6.07 Å². The molecule has 1 aromatic heterocycles. The lowest BCUT2D eigenvalue weighted by Crippen LogP contribution is -2.29. The van der Waals surface area contributed by atoms with E-state index in [2.05, 4.69) is 15.3 Å². The number of carbonyl (C=O) groups is 1. The van der Waals surface area contributed by atoms with E-state index in [4.69, 9.17) is 15.2 Å². The molecule has 0 aromatic carbocycles. The van der Waals surface area contributed by atoms with Crippen molar-refractivity contribution in [1.82, 2.24) is 9.97 Å². The van der Waals surface area contributed by atoms with E-state index in [-0.39, 0.29) is 24.3 Å². The first-order valence-electron chi connectivity index (χ1n) is 5.62. The number of hydrogen-bond donors (Lipinski definition) is 2. The van der Waals surface area contributed by atoms with Crippen molar-refractivity contribution < 1.29 is 14.3 Å². The lowest BCUT2D eigenvalue weighted by atomic mass is 10.1. The molecule has 1 aromatic rings. The lowest BCUT2D eigenvalue weighted by Gasteiger charge is -2.12. The minimum Gasteiger partial charge on any atom is -0.481 e. The predicted molar refractivity (Wildman–Crippen MR) is 66.6 cm³/mol. The number of nitrogens with one attached hydrogen (secondary N) is 1. The van der Waals surface area contributed by atoms with E-state index in [0.29, 0.717) is 18.2 Å². The highest BCUT2D eigenvalue weighted by Gasteiger charge is 2.16. The zero-order chi connectivity index (χ0) is 13.5. The van der Waals surface area contributed by atoms with Crippen LogP contribution in [0.5, 0.6) is 11.8 Å². The molecule has 100 valence electrons. The Hall–Kier alpha value is -1.89. The fraction of sp³-hybridized carbons (Fsp3) is 0.545. The van der Waals surface area contributed by atoms with E-state index in [0.717, 1.165) is 0 Å². The van der Waals surface area contributed by atoms with Gasteiger partial charge in [0.05, 0.1) is 26.2 Å².